The standard InChI is InChI=1S/C15H31NOSi/c1-5-18(4)11-9-7-6-8-10-16-12-14(2)17-15(3)13-16/h5,14-15,18H,1,6-13H2,2-4H3. The normalized spacial score (nSPS) is 27.1. The Labute approximate surface area is 115 Å². The molecule has 3 atom stereocenters. The van der Waals surface area contributed by atoms with E-state index in [9.17, 15) is 0 Å². The lowest BCUT2D eigenvalue weighted by Gasteiger charge is -2.35. The molecule has 0 aromatic heterocycles. The van der Waals surface area contributed by atoms with Crippen molar-refractivity contribution < 1.29 is 4.74 Å². The van der Waals surface area contributed by atoms with Crippen molar-refractivity contribution in [2.75, 3.05) is 19.6 Å². The topological polar surface area (TPSA) is 12.5 Å². The van der Waals surface area contributed by atoms with E-state index in [1.54, 1.807) is 0 Å². The third kappa shape index (κ3) is 6.71. The first-order valence-corrected chi connectivity index (χ1v) is 10.3. The van der Waals surface area contributed by atoms with Gasteiger partial charge in [0.15, 0.2) is 0 Å². The van der Waals surface area contributed by atoms with Crippen LogP contribution in [0.25, 0.3) is 0 Å². The lowest BCUT2D eigenvalue weighted by molar-refractivity contribution is -0.0681. The fourth-order valence-electron chi connectivity index (χ4n) is 2.74. The number of unbranched alkanes of at least 4 members (excludes halogenated alkanes) is 3. The van der Waals surface area contributed by atoms with Gasteiger partial charge in [-0.05, 0) is 26.8 Å². The van der Waals surface area contributed by atoms with E-state index in [-0.39, 0.29) is 0 Å². The van der Waals surface area contributed by atoms with Gasteiger partial charge in [0, 0.05) is 13.1 Å². The van der Waals surface area contributed by atoms with E-state index < -0.39 is 8.80 Å². The molecule has 1 fully saturated rings. The van der Waals surface area contributed by atoms with E-state index in [4.69, 9.17) is 4.74 Å². The molecular formula is C15H31NOSi. The largest absolute Gasteiger partial charge is 0.373 e. The maximum absolute atomic E-state index is 5.75. The van der Waals surface area contributed by atoms with Gasteiger partial charge >= 0.3 is 0 Å². The van der Waals surface area contributed by atoms with Gasteiger partial charge in [0.2, 0.25) is 0 Å². The summed E-state index contributed by atoms with van der Waals surface area (Å²) < 4.78 is 5.75. The van der Waals surface area contributed by atoms with Crippen LogP contribution in [0.1, 0.15) is 39.5 Å². The van der Waals surface area contributed by atoms with E-state index in [0.29, 0.717) is 12.2 Å². The summed E-state index contributed by atoms with van der Waals surface area (Å²) >= 11 is 0. The molecule has 1 aliphatic rings. The zero-order chi connectivity index (χ0) is 13.4. The molecule has 0 bridgehead atoms. The van der Waals surface area contributed by atoms with Crippen LogP contribution in [-0.2, 0) is 4.74 Å². The Bertz CT molecular complexity index is 225. The maximum atomic E-state index is 5.75. The zero-order valence-corrected chi connectivity index (χ0v) is 13.7. The van der Waals surface area contributed by atoms with Crippen molar-refractivity contribution in [1.29, 1.82) is 0 Å². The Balaban J connectivity index is 1.99. The molecule has 3 unspecified atom stereocenters. The molecular weight excluding hydrogens is 238 g/mol. The minimum atomic E-state index is -0.541. The quantitative estimate of drug-likeness (QED) is 0.495. The van der Waals surface area contributed by atoms with Gasteiger partial charge in [-0.1, -0.05) is 31.9 Å². The van der Waals surface area contributed by atoms with E-state index in [1.807, 2.05) is 0 Å². The summed E-state index contributed by atoms with van der Waals surface area (Å²) in [5, 5.41) is 0. The molecule has 18 heavy (non-hydrogen) atoms. The summed E-state index contributed by atoms with van der Waals surface area (Å²) in [6, 6.07) is 1.44. The Hall–Kier alpha value is -0.123. The fourth-order valence-corrected chi connectivity index (χ4v) is 3.91. The van der Waals surface area contributed by atoms with Gasteiger partial charge in [-0.15, -0.1) is 12.3 Å². The third-order valence-corrected chi connectivity index (χ3v) is 5.91. The molecule has 3 heteroatoms. The number of hydrogen-bond acceptors (Lipinski definition) is 2. The van der Waals surface area contributed by atoms with Crippen molar-refractivity contribution in [3.8, 4) is 0 Å². The summed E-state index contributed by atoms with van der Waals surface area (Å²) in [6.45, 7) is 14.1. The maximum Gasteiger partial charge on any atom is 0.0678 e. The molecule has 0 N–H and O–H groups in total. The molecule has 0 aromatic rings. The molecule has 1 heterocycles. The summed E-state index contributed by atoms with van der Waals surface area (Å²) in [5.74, 6) is 0. The van der Waals surface area contributed by atoms with Gasteiger partial charge in [-0.2, -0.15) is 0 Å². The predicted molar refractivity (Wildman–Crippen MR) is 82.9 cm³/mol. The van der Waals surface area contributed by atoms with E-state index in [2.05, 4.69) is 37.6 Å². The number of ether oxygens (including phenoxy) is 1. The average molecular weight is 270 g/mol. The van der Waals surface area contributed by atoms with E-state index in [1.165, 1.54) is 38.3 Å². The van der Waals surface area contributed by atoms with Crippen molar-refractivity contribution in [2.45, 2.75) is 64.3 Å². The fraction of sp³-hybridized carbons (Fsp3) is 0.867. The summed E-state index contributed by atoms with van der Waals surface area (Å²) in [4.78, 5) is 2.57. The minimum Gasteiger partial charge on any atom is -0.373 e. The van der Waals surface area contributed by atoms with Gasteiger partial charge in [0.25, 0.3) is 0 Å². The lowest BCUT2D eigenvalue weighted by atomic mass is 10.1. The molecule has 0 aliphatic carbocycles. The third-order valence-electron chi connectivity index (χ3n) is 3.78. The van der Waals surface area contributed by atoms with Crippen molar-refractivity contribution >= 4 is 8.80 Å². The highest BCUT2D eigenvalue weighted by atomic mass is 28.3. The highest BCUT2D eigenvalue weighted by Crippen LogP contribution is 2.12. The average Bonchev–Trinajstić information content (AvgIpc) is 2.32. The lowest BCUT2D eigenvalue weighted by Crippen LogP contribution is -2.45. The molecule has 2 nitrogen and oxygen atoms in total. The summed E-state index contributed by atoms with van der Waals surface area (Å²) in [5.41, 5.74) is 2.20. The number of hydrogen-bond donors (Lipinski definition) is 0. The highest BCUT2D eigenvalue weighted by Gasteiger charge is 2.21. The van der Waals surface area contributed by atoms with Gasteiger partial charge in [-0.25, -0.2) is 0 Å². The van der Waals surface area contributed by atoms with Crippen molar-refractivity contribution in [1.82, 2.24) is 4.90 Å². The first-order chi connectivity index (χ1) is 8.61. The molecule has 1 saturated heterocycles. The molecule has 0 spiro atoms. The van der Waals surface area contributed by atoms with Crippen molar-refractivity contribution in [2.24, 2.45) is 0 Å². The van der Waals surface area contributed by atoms with Gasteiger partial charge in [0.1, 0.15) is 0 Å². The predicted octanol–water partition coefficient (Wildman–Crippen LogP) is 3.24. The van der Waals surface area contributed by atoms with E-state index >= 15 is 0 Å². The highest BCUT2D eigenvalue weighted by molar-refractivity contribution is 6.62. The van der Waals surface area contributed by atoms with Crippen LogP contribution in [-0.4, -0.2) is 45.5 Å². The van der Waals surface area contributed by atoms with Gasteiger partial charge < -0.3 is 4.74 Å². The second-order valence-electron chi connectivity index (χ2n) is 5.93. The monoisotopic (exact) mass is 269 g/mol. The molecule has 106 valence electrons. The zero-order valence-electron chi connectivity index (χ0n) is 12.5. The molecule has 1 aliphatic heterocycles. The minimum absolute atomic E-state index is 0.410. The molecule has 1 rings (SSSR count). The Morgan fingerprint density at radius 3 is 2.39 bits per heavy atom. The second-order valence-corrected chi connectivity index (χ2v) is 8.94. The number of morpholine rings is 1. The van der Waals surface area contributed by atoms with Crippen molar-refractivity contribution in [3.63, 3.8) is 0 Å². The Morgan fingerprint density at radius 2 is 1.78 bits per heavy atom. The van der Waals surface area contributed by atoms with Crippen LogP contribution in [0.3, 0.4) is 0 Å². The van der Waals surface area contributed by atoms with Crippen LogP contribution >= 0.6 is 0 Å². The van der Waals surface area contributed by atoms with Crippen LogP contribution in [0.5, 0.6) is 0 Å². The Morgan fingerprint density at radius 1 is 1.17 bits per heavy atom. The first-order valence-electron chi connectivity index (χ1n) is 7.62. The Kier molecular flexibility index (Phi) is 7.87. The molecule has 0 radical (unpaired) electrons. The number of nitrogens with zero attached hydrogens (tertiary/aromatic N) is 1. The van der Waals surface area contributed by atoms with Gasteiger partial charge in [0.05, 0.1) is 21.0 Å². The molecule has 0 aromatic carbocycles. The van der Waals surface area contributed by atoms with Gasteiger partial charge in [-0.3, -0.25) is 4.90 Å². The van der Waals surface area contributed by atoms with Crippen LogP contribution < -0.4 is 0 Å². The van der Waals surface area contributed by atoms with Crippen LogP contribution in [0.15, 0.2) is 12.3 Å². The molecule has 0 amide bonds. The molecule has 0 saturated carbocycles. The first kappa shape index (κ1) is 15.9. The summed E-state index contributed by atoms with van der Waals surface area (Å²) in [6.07, 6.45) is 6.37. The van der Waals surface area contributed by atoms with Crippen molar-refractivity contribution in [3.05, 3.63) is 12.3 Å². The second kappa shape index (κ2) is 8.89. The van der Waals surface area contributed by atoms with E-state index in [0.717, 1.165) is 13.1 Å². The SMILES string of the molecule is C=C[SiH](C)CCCCCCN1CC(C)OC(C)C1. The van der Waals surface area contributed by atoms with Crippen LogP contribution in [0, 0.1) is 0 Å². The number of rotatable bonds is 8. The smallest absolute Gasteiger partial charge is 0.0678 e. The van der Waals surface area contributed by atoms with Crippen LogP contribution in [0.4, 0.5) is 0 Å². The van der Waals surface area contributed by atoms with Crippen LogP contribution in [0.2, 0.25) is 12.6 Å². The summed E-state index contributed by atoms with van der Waals surface area (Å²) in [7, 11) is -0.541.